The zero-order chi connectivity index (χ0) is 12.3. The number of ether oxygens (including phenoxy) is 1. The van der Waals surface area contributed by atoms with Gasteiger partial charge in [0.1, 0.15) is 11.6 Å². The molecule has 0 amide bonds. The standard InChI is InChI=1S/C13H15BrFNO/c1-2-16-13(12-4-3-7-17-12)10-6-5-9(14)8-11(10)15/h4-6,8,13,16H,2-3,7H2,1H3. The molecule has 1 aromatic rings. The van der Waals surface area contributed by atoms with Crippen molar-refractivity contribution < 1.29 is 9.13 Å². The maximum Gasteiger partial charge on any atom is 0.129 e. The summed E-state index contributed by atoms with van der Waals surface area (Å²) in [5, 5.41) is 3.25. The lowest BCUT2D eigenvalue weighted by molar-refractivity contribution is 0.215. The van der Waals surface area contributed by atoms with Crippen LogP contribution in [0.4, 0.5) is 4.39 Å². The molecule has 1 aromatic carbocycles. The topological polar surface area (TPSA) is 21.3 Å². The molecule has 1 unspecified atom stereocenters. The Kier molecular flexibility index (Phi) is 4.18. The zero-order valence-electron chi connectivity index (χ0n) is 9.67. The van der Waals surface area contributed by atoms with Crippen molar-refractivity contribution in [1.29, 1.82) is 0 Å². The average Bonchev–Trinajstić information content (AvgIpc) is 2.80. The van der Waals surface area contributed by atoms with E-state index >= 15 is 0 Å². The van der Waals surface area contributed by atoms with Gasteiger partial charge in [-0.15, -0.1) is 0 Å². The van der Waals surface area contributed by atoms with Crippen LogP contribution in [-0.4, -0.2) is 13.2 Å². The van der Waals surface area contributed by atoms with Crippen molar-refractivity contribution in [3.05, 3.63) is 45.9 Å². The first kappa shape index (κ1) is 12.6. The molecule has 0 radical (unpaired) electrons. The van der Waals surface area contributed by atoms with Crippen LogP contribution in [0.2, 0.25) is 0 Å². The Balaban J connectivity index is 2.31. The maximum atomic E-state index is 13.9. The molecule has 2 rings (SSSR count). The van der Waals surface area contributed by atoms with Crippen LogP contribution in [0.3, 0.4) is 0 Å². The molecule has 92 valence electrons. The van der Waals surface area contributed by atoms with Crippen molar-refractivity contribution in [3.63, 3.8) is 0 Å². The lowest BCUT2D eigenvalue weighted by atomic mass is 10.0. The van der Waals surface area contributed by atoms with Gasteiger partial charge < -0.3 is 10.1 Å². The minimum absolute atomic E-state index is 0.185. The molecule has 4 heteroatoms. The SMILES string of the molecule is CCNC(C1=CCCO1)c1ccc(Br)cc1F. The van der Waals surface area contributed by atoms with Crippen molar-refractivity contribution in [1.82, 2.24) is 5.32 Å². The fourth-order valence-electron chi connectivity index (χ4n) is 1.94. The first-order valence-corrected chi connectivity index (χ1v) is 6.53. The van der Waals surface area contributed by atoms with E-state index in [0.29, 0.717) is 12.2 Å². The van der Waals surface area contributed by atoms with E-state index < -0.39 is 0 Å². The summed E-state index contributed by atoms with van der Waals surface area (Å²) < 4.78 is 20.2. The molecule has 0 saturated heterocycles. The van der Waals surface area contributed by atoms with Crippen LogP contribution < -0.4 is 5.32 Å². The summed E-state index contributed by atoms with van der Waals surface area (Å²) in [5.74, 6) is 0.606. The Bertz CT molecular complexity index is 433. The summed E-state index contributed by atoms with van der Waals surface area (Å²) in [6.45, 7) is 3.45. The number of hydrogen-bond acceptors (Lipinski definition) is 2. The summed E-state index contributed by atoms with van der Waals surface area (Å²) in [4.78, 5) is 0. The molecule has 0 bridgehead atoms. The highest BCUT2D eigenvalue weighted by Gasteiger charge is 2.22. The summed E-state index contributed by atoms with van der Waals surface area (Å²) in [6.07, 6.45) is 2.92. The van der Waals surface area contributed by atoms with E-state index in [1.165, 1.54) is 6.07 Å². The molecule has 1 N–H and O–H groups in total. The monoisotopic (exact) mass is 299 g/mol. The first-order valence-electron chi connectivity index (χ1n) is 5.73. The number of halogens is 2. The van der Waals surface area contributed by atoms with E-state index in [0.717, 1.165) is 23.2 Å². The van der Waals surface area contributed by atoms with Gasteiger partial charge >= 0.3 is 0 Å². The molecule has 1 heterocycles. The number of nitrogens with one attached hydrogen (secondary N) is 1. The third kappa shape index (κ3) is 2.87. The predicted octanol–water partition coefficient (Wildman–Crippen LogP) is 3.54. The van der Waals surface area contributed by atoms with Gasteiger partial charge in [0.05, 0.1) is 12.6 Å². The second-order valence-corrected chi connectivity index (χ2v) is 4.82. The van der Waals surface area contributed by atoms with E-state index in [1.54, 1.807) is 6.07 Å². The normalized spacial score (nSPS) is 16.5. The second-order valence-electron chi connectivity index (χ2n) is 3.90. The summed E-state index contributed by atoms with van der Waals surface area (Å²) in [5.41, 5.74) is 0.628. The smallest absolute Gasteiger partial charge is 0.129 e. The van der Waals surface area contributed by atoms with E-state index in [2.05, 4.69) is 21.2 Å². The summed E-state index contributed by atoms with van der Waals surface area (Å²) in [6, 6.07) is 4.93. The largest absolute Gasteiger partial charge is 0.496 e. The molecule has 1 atom stereocenters. The van der Waals surface area contributed by atoms with Gasteiger partial charge in [-0.05, 0) is 24.8 Å². The van der Waals surface area contributed by atoms with Gasteiger partial charge in [-0.25, -0.2) is 4.39 Å². The Morgan fingerprint density at radius 2 is 2.35 bits per heavy atom. The van der Waals surface area contributed by atoms with Crippen molar-refractivity contribution in [2.24, 2.45) is 0 Å². The lowest BCUT2D eigenvalue weighted by Gasteiger charge is -2.20. The lowest BCUT2D eigenvalue weighted by Crippen LogP contribution is -2.24. The van der Waals surface area contributed by atoms with Crippen LogP contribution in [0.25, 0.3) is 0 Å². The second kappa shape index (κ2) is 5.65. The fourth-order valence-corrected chi connectivity index (χ4v) is 2.27. The molecule has 0 spiro atoms. The highest BCUT2D eigenvalue weighted by Crippen LogP contribution is 2.29. The molecule has 0 aromatic heterocycles. The van der Waals surface area contributed by atoms with E-state index in [-0.39, 0.29) is 11.9 Å². The van der Waals surface area contributed by atoms with Crippen molar-refractivity contribution in [2.75, 3.05) is 13.2 Å². The highest BCUT2D eigenvalue weighted by molar-refractivity contribution is 9.10. The highest BCUT2D eigenvalue weighted by atomic mass is 79.9. The van der Waals surface area contributed by atoms with Gasteiger partial charge in [0.25, 0.3) is 0 Å². The Hall–Kier alpha value is -0.870. The minimum Gasteiger partial charge on any atom is -0.496 e. The molecule has 0 aliphatic carbocycles. The van der Waals surface area contributed by atoms with Gasteiger partial charge in [0, 0.05) is 16.5 Å². The van der Waals surface area contributed by atoms with Crippen LogP contribution in [0, 0.1) is 5.82 Å². The Labute approximate surface area is 109 Å². The third-order valence-corrected chi connectivity index (χ3v) is 3.19. The van der Waals surface area contributed by atoms with E-state index in [9.17, 15) is 4.39 Å². The van der Waals surface area contributed by atoms with Crippen molar-refractivity contribution >= 4 is 15.9 Å². The van der Waals surface area contributed by atoms with E-state index in [1.807, 2.05) is 19.1 Å². The maximum absolute atomic E-state index is 13.9. The zero-order valence-corrected chi connectivity index (χ0v) is 11.3. The molecule has 2 nitrogen and oxygen atoms in total. The van der Waals surface area contributed by atoms with Gasteiger partial charge in [0.2, 0.25) is 0 Å². The molecule has 1 aliphatic rings. The molecular weight excluding hydrogens is 285 g/mol. The molecule has 0 saturated carbocycles. The van der Waals surface area contributed by atoms with Crippen molar-refractivity contribution in [2.45, 2.75) is 19.4 Å². The summed E-state index contributed by atoms with van der Waals surface area (Å²) in [7, 11) is 0. The number of benzene rings is 1. The quantitative estimate of drug-likeness (QED) is 0.918. The van der Waals surface area contributed by atoms with Crippen LogP contribution >= 0.6 is 15.9 Å². The first-order chi connectivity index (χ1) is 8.22. The number of rotatable bonds is 4. The summed E-state index contributed by atoms with van der Waals surface area (Å²) >= 11 is 3.26. The molecule has 17 heavy (non-hydrogen) atoms. The fraction of sp³-hybridized carbons (Fsp3) is 0.385. The van der Waals surface area contributed by atoms with E-state index in [4.69, 9.17) is 4.74 Å². The Morgan fingerprint density at radius 1 is 1.53 bits per heavy atom. The van der Waals surface area contributed by atoms with Crippen LogP contribution in [0.15, 0.2) is 34.5 Å². The van der Waals surface area contributed by atoms with Gasteiger partial charge in [-0.1, -0.05) is 28.9 Å². The Morgan fingerprint density at radius 3 is 2.94 bits per heavy atom. The average molecular weight is 300 g/mol. The number of likely N-dealkylation sites (N-methyl/N-ethyl adjacent to an activating group) is 1. The molecule has 1 aliphatic heterocycles. The van der Waals surface area contributed by atoms with Crippen LogP contribution in [0.5, 0.6) is 0 Å². The van der Waals surface area contributed by atoms with Crippen molar-refractivity contribution in [3.8, 4) is 0 Å². The van der Waals surface area contributed by atoms with Crippen LogP contribution in [0.1, 0.15) is 24.9 Å². The predicted molar refractivity (Wildman–Crippen MR) is 69.2 cm³/mol. The van der Waals surface area contributed by atoms with Gasteiger partial charge in [-0.3, -0.25) is 0 Å². The third-order valence-electron chi connectivity index (χ3n) is 2.70. The minimum atomic E-state index is -0.221. The molecular formula is C13H15BrFNO. The van der Waals surface area contributed by atoms with Gasteiger partial charge in [-0.2, -0.15) is 0 Å². The van der Waals surface area contributed by atoms with Gasteiger partial charge in [0.15, 0.2) is 0 Å². The number of hydrogen-bond donors (Lipinski definition) is 1. The molecule has 0 fully saturated rings. The van der Waals surface area contributed by atoms with Crippen LogP contribution in [-0.2, 0) is 4.74 Å².